The van der Waals surface area contributed by atoms with Crippen LogP contribution in [0, 0.1) is 0 Å². The molecule has 0 radical (unpaired) electrons. The molecule has 1 aromatic heterocycles. The van der Waals surface area contributed by atoms with Crippen LogP contribution in [0.2, 0.25) is 0 Å². The Kier molecular flexibility index (Phi) is 5.24. The number of aromatic hydroxyl groups is 1. The van der Waals surface area contributed by atoms with Gasteiger partial charge in [0.15, 0.2) is 0 Å². The number of benzene rings is 2. The number of ether oxygens (including phenoxy) is 1. The number of rotatable bonds is 7. The number of nitrogens with zero attached hydrogens (tertiary/aromatic N) is 2. The third-order valence-corrected chi connectivity index (χ3v) is 3.53. The molecule has 0 saturated carbocycles. The van der Waals surface area contributed by atoms with Gasteiger partial charge in [-0.05, 0) is 36.8 Å². The minimum Gasteiger partial charge on any atom is -0.507 e. The fourth-order valence-corrected chi connectivity index (χ4v) is 2.40. The normalized spacial score (nSPS) is 10.3. The van der Waals surface area contributed by atoms with Gasteiger partial charge in [0.2, 0.25) is 0 Å². The number of aromatic nitrogens is 2. The predicted octanol–water partition coefficient (Wildman–Crippen LogP) is 3.73. The van der Waals surface area contributed by atoms with E-state index in [4.69, 9.17) is 4.74 Å². The Morgan fingerprint density at radius 1 is 1.00 bits per heavy atom. The molecule has 1 heterocycles. The quantitative estimate of drug-likeness (QED) is 0.649. The highest BCUT2D eigenvalue weighted by Gasteiger charge is 2.10. The van der Waals surface area contributed by atoms with Crippen molar-refractivity contribution in [2.75, 3.05) is 18.5 Å². The molecule has 5 nitrogen and oxygen atoms in total. The summed E-state index contributed by atoms with van der Waals surface area (Å²) >= 11 is 0. The van der Waals surface area contributed by atoms with E-state index >= 15 is 0 Å². The van der Waals surface area contributed by atoms with Crippen LogP contribution in [-0.2, 0) is 0 Å². The molecule has 5 heteroatoms. The smallest absolute Gasteiger partial charge is 0.127 e. The molecule has 0 aliphatic rings. The number of hydrogen-bond donors (Lipinski definition) is 2. The summed E-state index contributed by atoms with van der Waals surface area (Å²) < 4.78 is 5.67. The van der Waals surface area contributed by atoms with Gasteiger partial charge in [-0.15, -0.1) is 0 Å². The second kappa shape index (κ2) is 7.97. The molecule has 0 spiro atoms. The molecule has 0 bridgehead atoms. The van der Waals surface area contributed by atoms with Gasteiger partial charge < -0.3 is 15.2 Å². The van der Waals surface area contributed by atoms with Gasteiger partial charge in [-0.3, -0.25) is 0 Å². The molecular weight excluding hydrogens is 302 g/mol. The second-order valence-electron chi connectivity index (χ2n) is 5.24. The Balaban J connectivity index is 1.59. The number of phenols is 1. The minimum atomic E-state index is 0.194. The van der Waals surface area contributed by atoms with E-state index in [2.05, 4.69) is 15.3 Å². The van der Waals surface area contributed by atoms with E-state index in [-0.39, 0.29) is 5.75 Å². The van der Waals surface area contributed by atoms with Crippen molar-refractivity contribution in [1.82, 2.24) is 9.97 Å². The summed E-state index contributed by atoms with van der Waals surface area (Å²) in [4.78, 5) is 8.13. The molecular formula is C19H19N3O2. The van der Waals surface area contributed by atoms with Crippen LogP contribution in [0.5, 0.6) is 11.5 Å². The van der Waals surface area contributed by atoms with Gasteiger partial charge >= 0.3 is 0 Å². The molecule has 2 aromatic carbocycles. The largest absolute Gasteiger partial charge is 0.507 e. The van der Waals surface area contributed by atoms with Crippen molar-refractivity contribution in [3.63, 3.8) is 0 Å². The lowest BCUT2D eigenvalue weighted by molar-refractivity contribution is 0.315. The van der Waals surface area contributed by atoms with E-state index < -0.39 is 0 Å². The maximum atomic E-state index is 10.2. The Morgan fingerprint density at radius 2 is 1.88 bits per heavy atom. The van der Waals surface area contributed by atoms with Gasteiger partial charge in [-0.1, -0.05) is 24.3 Å². The molecule has 0 fully saturated rings. The molecule has 0 atom stereocenters. The first-order valence-electron chi connectivity index (χ1n) is 7.84. The zero-order valence-electron chi connectivity index (χ0n) is 13.2. The predicted molar refractivity (Wildman–Crippen MR) is 94.2 cm³/mol. The topological polar surface area (TPSA) is 67.3 Å². The highest BCUT2D eigenvalue weighted by atomic mass is 16.5. The van der Waals surface area contributed by atoms with E-state index in [1.54, 1.807) is 18.3 Å². The third-order valence-electron chi connectivity index (χ3n) is 3.53. The van der Waals surface area contributed by atoms with Crippen molar-refractivity contribution in [1.29, 1.82) is 0 Å². The van der Waals surface area contributed by atoms with Crippen LogP contribution >= 0.6 is 0 Å². The van der Waals surface area contributed by atoms with Crippen molar-refractivity contribution >= 4 is 5.69 Å². The average Bonchev–Trinajstić information content (AvgIpc) is 2.63. The fraction of sp³-hybridized carbons (Fsp3) is 0.158. The van der Waals surface area contributed by atoms with Crippen LogP contribution < -0.4 is 10.1 Å². The highest BCUT2D eigenvalue weighted by molar-refractivity contribution is 5.80. The van der Waals surface area contributed by atoms with Crippen molar-refractivity contribution in [3.05, 3.63) is 67.1 Å². The highest BCUT2D eigenvalue weighted by Crippen LogP contribution is 2.34. The van der Waals surface area contributed by atoms with Crippen LogP contribution in [0.15, 0.2) is 67.1 Å². The molecule has 3 rings (SSSR count). The van der Waals surface area contributed by atoms with Gasteiger partial charge in [0, 0.05) is 18.4 Å². The maximum Gasteiger partial charge on any atom is 0.127 e. The summed E-state index contributed by atoms with van der Waals surface area (Å²) in [6, 6.07) is 16.9. The van der Waals surface area contributed by atoms with E-state index in [1.807, 2.05) is 42.5 Å². The van der Waals surface area contributed by atoms with E-state index in [0.29, 0.717) is 17.9 Å². The first-order chi connectivity index (χ1) is 11.8. The Bertz CT molecular complexity index is 764. The zero-order chi connectivity index (χ0) is 16.6. The third kappa shape index (κ3) is 4.01. The van der Waals surface area contributed by atoms with E-state index in [1.165, 1.54) is 6.33 Å². The molecule has 24 heavy (non-hydrogen) atoms. The minimum absolute atomic E-state index is 0.194. The standard InChI is InChI=1S/C19H19N3O2/c23-18-9-4-8-16(19(18)17-10-12-20-14-22-17)21-11-5-13-24-15-6-2-1-3-7-15/h1-4,6-10,12,14,21,23H,5,11,13H2. The summed E-state index contributed by atoms with van der Waals surface area (Å²) in [7, 11) is 0. The van der Waals surface area contributed by atoms with Crippen LogP contribution in [0.3, 0.4) is 0 Å². The Morgan fingerprint density at radius 3 is 2.67 bits per heavy atom. The van der Waals surface area contributed by atoms with Gasteiger partial charge in [0.05, 0.1) is 17.9 Å². The zero-order valence-corrected chi connectivity index (χ0v) is 13.2. The average molecular weight is 321 g/mol. The van der Waals surface area contributed by atoms with Crippen LogP contribution in [0.1, 0.15) is 6.42 Å². The van der Waals surface area contributed by atoms with Crippen LogP contribution in [0.4, 0.5) is 5.69 Å². The van der Waals surface area contributed by atoms with E-state index in [0.717, 1.165) is 24.4 Å². The van der Waals surface area contributed by atoms with E-state index in [9.17, 15) is 5.11 Å². The van der Waals surface area contributed by atoms with Crippen molar-refractivity contribution in [3.8, 4) is 22.8 Å². The fourth-order valence-electron chi connectivity index (χ4n) is 2.40. The van der Waals surface area contributed by atoms with Gasteiger partial charge in [0.25, 0.3) is 0 Å². The number of anilines is 1. The molecule has 2 N–H and O–H groups in total. The number of para-hydroxylation sites is 1. The van der Waals surface area contributed by atoms with Gasteiger partial charge in [-0.2, -0.15) is 0 Å². The SMILES string of the molecule is Oc1cccc(NCCCOc2ccccc2)c1-c1ccncn1. The lowest BCUT2D eigenvalue weighted by atomic mass is 10.1. The summed E-state index contributed by atoms with van der Waals surface area (Å²) in [5, 5.41) is 13.5. The van der Waals surface area contributed by atoms with Crippen molar-refractivity contribution in [2.24, 2.45) is 0 Å². The maximum absolute atomic E-state index is 10.2. The molecule has 0 aliphatic carbocycles. The molecule has 0 amide bonds. The number of phenolic OH excluding ortho intramolecular Hbond substituents is 1. The number of nitrogens with one attached hydrogen (secondary N) is 1. The summed E-state index contributed by atoms with van der Waals surface area (Å²) in [5.41, 5.74) is 2.21. The van der Waals surface area contributed by atoms with Crippen LogP contribution in [0.25, 0.3) is 11.3 Å². The first-order valence-corrected chi connectivity index (χ1v) is 7.84. The monoisotopic (exact) mass is 321 g/mol. The first kappa shape index (κ1) is 15.8. The molecule has 122 valence electrons. The molecule has 0 unspecified atom stereocenters. The summed E-state index contributed by atoms with van der Waals surface area (Å²) in [6.07, 6.45) is 3.97. The van der Waals surface area contributed by atoms with Gasteiger partial charge in [-0.25, -0.2) is 9.97 Å². The van der Waals surface area contributed by atoms with Crippen molar-refractivity contribution < 1.29 is 9.84 Å². The molecule has 3 aromatic rings. The lowest BCUT2D eigenvalue weighted by Crippen LogP contribution is -2.08. The summed E-state index contributed by atoms with van der Waals surface area (Å²) in [5.74, 6) is 1.07. The lowest BCUT2D eigenvalue weighted by Gasteiger charge is -2.13. The second-order valence-corrected chi connectivity index (χ2v) is 5.24. The van der Waals surface area contributed by atoms with Gasteiger partial charge in [0.1, 0.15) is 17.8 Å². The molecule has 0 aliphatic heterocycles. The molecule has 0 saturated heterocycles. The summed E-state index contributed by atoms with van der Waals surface area (Å²) in [6.45, 7) is 1.35. The van der Waals surface area contributed by atoms with Crippen LogP contribution in [-0.4, -0.2) is 28.2 Å². The Hall–Kier alpha value is -3.08. The van der Waals surface area contributed by atoms with Crippen molar-refractivity contribution in [2.45, 2.75) is 6.42 Å². The Labute approximate surface area is 141 Å². The number of hydrogen-bond acceptors (Lipinski definition) is 5.